The lowest BCUT2D eigenvalue weighted by molar-refractivity contribution is 0.111. The molecule has 1 heterocycles. The third kappa shape index (κ3) is 6.14. The van der Waals surface area contributed by atoms with Crippen LogP contribution in [-0.2, 0) is 17.8 Å². The van der Waals surface area contributed by atoms with Gasteiger partial charge in [-0.2, -0.15) is 0 Å². The first-order valence-electron chi connectivity index (χ1n) is 7.01. The van der Waals surface area contributed by atoms with E-state index in [2.05, 4.69) is 48.2 Å². The van der Waals surface area contributed by atoms with Crippen molar-refractivity contribution in [3.8, 4) is 0 Å². The van der Waals surface area contributed by atoms with Crippen molar-refractivity contribution in [3.63, 3.8) is 0 Å². The second-order valence-electron chi connectivity index (χ2n) is 5.05. The molecule has 1 N–H and O–H groups in total. The molecule has 0 aliphatic rings. The van der Waals surface area contributed by atoms with Gasteiger partial charge in [0.1, 0.15) is 0 Å². The summed E-state index contributed by atoms with van der Waals surface area (Å²) < 4.78 is 5.17. The van der Waals surface area contributed by atoms with Crippen molar-refractivity contribution in [2.24, 2.45) is 0 Å². The Morgan fingerprint density at radius 3 is 2.79 bits per heavy atom. The molecule has 19 heavy (non-hydrogen) atoms. The molecule has 0 amide bonds. The number of nitrogens with zero attached hydrogens (tertiary/aromatic N) is 2. The van der Waals surface area contributed by atoms with Crippen molar-refractivity contribution in [2.45, 2.75) is 39.4 Å². The Bertz CT molecular complexity index is 340. The van der Waals surface area contributed by atoms with Crippen molar-refractivity contribution < 1.29 is 4.74 Å². The predicted octanol–water partition coefficient (Wildman–Crippen LogP) is 2.05. The standard InChI is InChI=1S/C15H27N3O/c1-5-8-16-9-14-6-7-15(17-10-14)11-18(3)13(2)12-19-4/h6-7,10,13,16H,5,8-9,11-12H2,1-4H3. The summed E-state index contributed by atoms with van der Waals surface area (Å²) in [5.41, 5.74) is 2.34. The van der Waals surface area contributed by atoms with Gasteiger partial charge in [0.25, 0.3) is 0 Å². The Hall–Kier alpha value is -0.970. The molecule has 0 fully saturated rings. The molecule has 4 nitrogen and oxygen atoms in total. The molecule has 4 heteroatoms. The predicted molar refractivity (Wildman–Crippen MR) is 79.0 cm³/mol. The van der Waals surface area contributed by atoms with Crippen LogP contribution in [0.2, 0.25) is 0 Å². The van der Waals surface area contributed by atoms with Gasteiger partial charge in [-0.25, -0.2) is 0 Å². The van der Waals surface area contributed by atoms with Gasteiger partial charge in [0, 0.05) is 32.4 Å². The summed E-state index contributed by atoms with van der Waals surface area (Å²) in [5, 5.41) is 3.38. The number of likely N-dealkylation sites (N-methyl/N-ethyl adjacent to an activating group) is 1. The van der Waals surface area contributed by atoms with Crippen LogP contribution in [-0.4, -0.2) is 43.2 Å². The first kappa shape index (κ1) is 16.1. The summed E-state index contributed by atoms with van der Waals surface area (Å²) in [7, 11) is 3.84. The lowest BCUT2D eigenvalue weighted by atomic mass is 10.2. The smallest absolute Gasteiger partial charge is 0.0615 e. The van der Waals surface area contributed by atoms with Crippen molar-refractivity contribution in [2.75, 3.05) is 27.3 Å². The van der Waals surface area contributed by atoms with Gasteiger partial charge in [0.05, 0.1) is 12.3 Å². The molecular formula is C15H27N3O. The highest BCUT2D eigenvalue weighted by atomic mass is 16.5. The normalized spacial score (nSPS) is 12.9. The lowest BCUT2D eigenvalue weighted by Crippen LogP contribution is -2.32. The molecule has 1 aromatic rings. The molecule has 0 aromatic carbocycles. The summed E-state index contributed by atoms with van der Waals surface area (Å²) in [4.78, 5) is 6.77. The number of hydrogen-bond acceptors (Lipinski definition) is 4. The first-order valence-corrected chi connectivity index (χ1v) is 7.01. The van der Waals surface area contributed by atoms with Crippen LogP contribution in [0.25, 0.3) is 0 Å². The Labute approximate surface area is 117 Å². The molecule has 0 aliphatic heterocycles. The average Bonchev–Trinajstić information content (AvgIpc) is 2.41. The summed E-state index contributed by atoms with van der Waals surface area (Å²) in [6, 6.07) is 4.66. The number of rotatable bonds is 9. The van der Waals surface area contributed by atoms with E-state index < -0.39 is 0 Å². The molecule has 1 unspecified atom stereocenters. The SMILES string of the molecule is CCCNCc1ccc(CN(C)C(C)COC)nc1. The van der Waals surface area contributed by atoms with E-state index in [0.29, 0.717) is 6.04 Å². The molecule has 0 radical (unpaired) electrons. The highest BCUT2D eigenvalue weighted by Crippen LogP contribution is 2.06. The Morgan fingerprint density at radius 2 is 2.21 bits per heavy atom. The zero-order valence-electron chi connectivity index (χ0n) is 12.6. The fourth-order valence-corrected chi connectivity index (χ4v) is 1.84. The summed E-state index contributed by atoms with van der Waals surface area (Å²) >= 11 is 0. The highest BCUT2D eigenvalue weighted by Gasteiger charge is 2.09. The van der Waals surface area contributed by atoms with Gasteiger partial charge < -0.3 is 10.1 Å². The minimum absolute atomic E-state index is 0.401. The fourth-order valence-electron chi connectivity index (χ4n) is 1.84. The third-order valence-electron chi connectivity index (χ3n) is 3.21. The zero-order valence-corrected chi connectivity index (χ0v) is 12.6. The van der Waals surface area contributed by atoms with E-state index in [1.807, 2.05) is 6.20 Å². The topological polar surface area (TPSA) is 37.4 Å². The minimum atomic E-state index is 0.401. The molecule has 1 aromatic heterocycles. The van der Waals surface area contributed by atoms with Gasteiger partial charge in [-0.15, -0.1) is 0 Å². The Kier molecular flexibility index (Phi) is 7.63. The second-order valence-corrected chi connectivity index (χ2v) is 5.05. The number of hydrogen-bond donors (Lipinski definition) is 1. The van der Waals surface area contributed by atoms with E-state index in [1.165, 1.54) is 5.56 Å². The van der Waals surface area contributed by atoms with Gasteiger partial charge in [-0.1, -0.05) is 13.0 Å². The Morgan fingerprint density at radius 1 is 1.42 bits per heavy atom. The van der Waals surface area contributed by atoms with Crippen LogP contribution in [0.3, 0.4) is 0 Å². The van der Waals surface area contributed by atoms with Crippen LogP contribution in [0, 0.1) is 0 Å². The van der Waals surface area contributed by atoms with E-state index >= 15 is 0 Å². The molecular weight excluding hydrogens is 238 g/mol. The van der Waals surface area contributed by atoms with E-state index in [4.69, 9.17) is 4.74 Å². The molecule has 0 saturated heterocycles. The van der Waals surface area contributed by atoms with Crippen molar-refractivity contribution in [1.82, 2.24) is 15.2 Å². The molecule has 0 spiro atoms. The van der Waals surface area contributed by atoms with Crippen LogP contribution >= 0.6 is 0 Å². The highest BCUT2D eigenvalue weighted by molar-refractivity contribution is 5.14. The second kappa shape index (κ2) is 9.02. The summed E-state index contributed by atoms with van der Waals surface area (Å²) in [5.74, 6) is 0. The monoisotopic (exact) mass is 265 g/mol. The molecule has 1 rings (SSSR count). The molecule has 0 bridgehead atoms. The van der Waals surface area contributed by atoms with Crippen LogP contribution in [0.5, 0.6) is 0 Å². The summed E-state index contributed by atoms with van der Waals surface area (Å²) in [6.45, 7) is 7.89. The van der Waals surface area contributed by atoms with Crippen LogP contribution in [0.1, 0.15) is 31.5 Å². The van der Waals surface area contributed by atoms with Crippen molar-refractivity contribution in [1.29, 1.82) is 0 Å². The van der Waals surface area contributed by atoms with E-state index in [9.17, 15) is 0 Å². The van der Waals surface area contributed by atoms with E-state index in [0.717, 1.165) is 38.4 Å². The number of pyridine rings is 1. The quantitative estimate of drug-likeness (QED) is 0.693. The van der Waals surface area contributed by atoms with Gasteiger partial charge >= 0.3 is 0 Å². The van der Waals surface area contributed by atoms with Crippen molar-refractivity contribution >= 4 is 0 Å². The maximum atomic E-state index is 5.17. The maximum absolute atomic E-state index is 5.17. The number of nitrogens with one attached hydrogen (secondary N) is 1. The van der Waals surface area contributed by atoms with Gasteiger partial charge in [0.2, 0.25) is 0 Å². The summed E-state index contributed by atoms with van der Waals surface area (Å²) in [6.07, 6.45) is 3.13. The largest absolute Gasteiger partial charge is 0.383 e. The zero-order chi connectivity index (χ0) is 14.1. The number of ether oxygens (including phenoxy) is 1. The van der Waals surface area contributed by atoms with Gasteiger partial charge in [-0.3, -0.25) is 9.88 Å². The maximum Gasteiger partial charge on any atom is 0.0615 e. The number of aromatic nitrogens is 1. The molecule has 108 valence electrons. The Balaban J connectivity index is 2.43. The minimum Gasteiger partial charge on any atom is -0.383 e. The van der Waals surface area contributed by atoms with Gasteiger partial charge in [0.15, 0.2) is 0 Å². The lowest BCUT2D eigenvalue weighted by Gasteiger charge is -2.23. The number of methoxy groups -OCH3 is 1. The first-order chi connectivity index (χ1) is 9.17. The van der Waals surface area contributed by atoms with Crippen LogP contribution in [0.4, 0.5) is 0 Å². The molecule has 0 aliphatic carbocycles. The fraction of sp³-hybridized carbons (Fsp3) is 0.667. The van der Waals surface area contributed by atoms with Gasteiger partial charge in [-0.05, 0) is 38.6 Å². The average molecular weight is 265 g/mol. The van der Waals surface area contributed by atoms with E-state index in [1.54, 1.807) is 7.11 Å². The van der Waals surface area contributed by atoms with E-state index in [-0.39, 0.29) is 0 Å². The molecule has 0 saturated carbocycles. The van der Waals surface area contributed by atoms with Crippen LogP contribution in [0.15, 0.2) is 18.3 Å². The molecule has 1 atom stereocenters. The van der Waals surface area contributed by atoms with Crippen LogP contribution < -0.4 is 5.32 Å². The third-order valence-corrected chi connectivity index (χ3v) is 3.21. The van der Waals surface area contributed by atoms with Crippen molar-refractivity contribution in [3.05, 3.63) is 29.6 Å².